The van der Waals surface area contributed by atoms with Gasteiger partial charge in [-0.15, -0.1) is 0 Å². The van der Waals surface area contributed by atoms with Gasteiger partial charge in [0.1, 0.15) is 17.5 Å². The third kappa shape index (κ3) is 9.73. The van der Waals surface area contributed by atoms with Crippen LogP contribution in [0.15, 0.2) is 54.7 Å². The van der Waals surface area contributed by atoms with E-state index in [0.29, 0.717) is 24.5 Å². The number of hydrogen-bond acceptors (Lipinski definition) is 7. The average molecular weight is 629 g/mol. The summed E-state index contributed by atoms with van der Waals surface area (Å²) in [6, 6.07) is 11.9. The van der Waals surface area contributed by atoms with Crippen LogP contribution in [0.3, 0.4) is 0 Å². The Morgan fingerprint density at radius 1 is 1.11 bits per heavy atom. The predicted octanol–water partition coefficient (Wildman–Crippen LogP) is 5.00. The van der Waals surface area contributed by atoms with Crippen LogP contribution in [0.25, 0.3) is 11.3 Å². The lowest BCUT2D eigenvalue weighted by molar-refractivity contribution is -0.153. The second-order valence-electron chi connectivity index (χ2n) is 11.5. The highest BCUT2D eigenvalue weighted by molar-refractivity contribution is 8.13. The normalized spacial score (nSPS) is 12.7. The summed E-state index contributed by atoms with van der Waals surface area (Å²) in [7, 11) is 0. The molecule has 2 aromatic carbocycles. The van der Waals surface area contributed by atoms with Crippen LogP contribution in [-0.4, -0.2) is 63.3 Å². The maximum atomic E-state index is 15.0. The van der Waals surface area contributed by atoms with E-state index in [1.165, 1.54) is 18.7 Å². The Morgan fingerprint density at radius 2 is 1.82 bits per heavy atom. The minimum absolute atomic E-state index is 0.0329. The van der Waals surface area contributed by atoms with Crippen molar-refractivity contribution in [3.8, 4) is 11.3 Å². The lowest BCUT2D eigenvalue weighted by Crippen LogP contribution is -2.48. The topological polar surface area (TPSA) is 111 Å². The molecule has 2 atom stereocenters. The number of imidazole rings is 1. The molecule has 2 unspecified atom stereocenters. The molecule has 12 heteroatoms. The van der Waals surface area contributed by atoms with Crippen LogP contribution in [0.2, 0.25) is 0 Å². The third-order valence-corrected chi connectivity index (χ3v) is 7.81. The van der Waals surface area contributed by atoms with Crippen LogP contribution in [-0.2, 0) is 30.5 Å². The summed E-state index contributed by atoms with van der Waals surface area (Å²) in [5.74, 6) is -2.08. The molecule has 3 rings (SSSR count). The minimum atomic E-state index is -0.763. The molecule has 0 saturated carbocycles. The fraction of sp³-hybridized carbons (Fsp3) is 0.406. The van der Waals surface area contributed by atoms with Crippen molar-refractivity contribution in [1.82, 2.24) is 19.8 Å². The molecule has 1 heterocycles. The van der Waals surface area contributed by atoms with E-state index in [4.69, 9.17) is 9.72 Å². The monoisotopic (exact) mass is 628 g/mol. The number of carbonyl (C=O) groups excluding carboxylic acids is 4. The number of nitrogens with zero attached hydrogens (tertiary/aromatic N) is 3. The summed E-state index contributed by atoms with van der Waals surface area (Å²) in [6.07, 6.45) is 2.18. The number of carbonyl (C=O) groups is 4. The standard InChI is InChI=1S/C32H38F2N4O5S/c1-21(40)43-18-29(42)38(16-24(14-35-20-39)19-44-22(2)41)30(32(3,4)5)31-36-28(26-13-25(33)11-12-27(26)34)17-37(31)15-23-9-7-6-8-10-23/h6-13,17,20,24,30H,14-16,18-19H2,1-5H3,(H,35,39). The zero-order valence-corrected chi connectivity index (χ0v) is 26.3. The molecule has 3 aromatic rings. The van der Waals surface area contributed by atoms with Crippen molar-refractivity contribution in [2.24, 2.45) is 11.3 Å². The van der Waals surface area contributed by atoms with Gasteiger partial charge in [-0.1, -0.05) is 62.9 Å². The summed E-state index contributed by atoms with van der Waals surface area (Å²) in [4.78, 5) is 54.8. The van der Waals surface area contributed by atoms with E-state index in [2.05, 4.69) is 5.32 Å². The number of thioether (sulfide) groups is 1. The van der Waals surface area contributed by atoms with Crippen molar-refractivity contribution in [2.75, 3.05) is 25.4 Å². The average Bonchev–Trinajstić information content (AvgIpc) is 3.35. The lowest BCUT2D eigenvalue weighted by atomic mass is 9.84. The SMILES string of the molecule is CC(=O)OCC(=O)N(CC(CNC=O)CSC(C)=O)C(c1nc(-c2cc(F)ccc2F)cn1Cc1ccccc1)C(C)(C)C. The molecule has 9 nitrogen and oxygen atoms in total. The van der Waals surface area contributed by atoms with Crippen molar-refractivity contribution in [3.63, 3.8) is 0 Å². The summed E-state index contributed by atoms with van der Waals surface area (Å²) in [5.41, 5.74) is 0.379. The van der Waals surface area contributed by atoms with Gasteiger partial charge in [0.2, 0.25) is 6.41 Å². The van der Waals surface area contributed by atoms with E-state index >= 15 is 0 Å². The molecular weight excluding hydrogens is 590 g/mol. The Hall–Kier alpha value is -4.06. The molecule has 0 fully saturated rings. The molecule has 0 spiro atoms. The zero-order chi connectivity index (χ0) is 32.4. The second-order valence-corrected chi connectivity index (χ2v) is 12.7. The van der Waals surface area contributed by atoms with Gasteiger partial charge in [-0.05, 0) is 29.2 Å². The molecule has 236 valence electrons. The molecule has 0 aliphatic heterocycles. The molecule has 0 radical (unpaired) electrons. The highest BCUT2D eigenvalue weighted by Gasteiger charge is 2.39. The molecule has 1 aromatic heterocycles. The summed E-state index contributed by atoms with van der Waals surface area (Å²) >= 11 is 1.07. The number of nitrogens with one attached hydrogen (secondary N) is 1. The molecular formula is C32H38F2N4O5S. The number of hydrogen-bond donors (Lipinski definition) is 1. The minimum Gasteiger partial charge on any atom is -0.456 e. The molecule has 0 aliphatic rings. The summed E-state index contributed by atoms with van der Waals surface area (Å²) in [5, 5.41) is 2.52. The van der Waals surface area contributed by atoms with Gasteiger partial charge in [-0.2, -0.15) is 0 Å². The first-order valence-electron chi connectivity index (χ1n) is 14.1. The predicted molar refractivity (Wildman–Crippen MR) is 164 cm³/mol. The van der Waals surface area contributed by atoms with Crippen LogP contribution in [0.4, 0.5) is 8.78 Å². The van der Waals surface area contributed by atoms with Crippen molar-refractivity contribution >= 4 is 35.2 Å². The van der Waals surface area contributed by atoms with Gasteiger partial charge in [0.05, 0.1) is 11.7 Å². The first kappa shape index (κ1) is 34.4. The molecule has 0 bridgehead atoms. The number of halogens is 2. The fourth-order valence-corrected chi connectivity index (χ4v) is 5.57. The van der Waals surface area contributed by atoms with Gasteiger partial charge in [-0.25, -0.2) is 13.8 Å². The number of rotatable bonds is 14. The number of esters is 1. The van der Waals surface area contributed by atoms with E-state index in [-0.39, 0.29) is 35.4 Å². The van der Waals surface area contributed by atoms with Gasteiger partial charge in [0.25, 0.3) is 5.91 Å². The zero-order valence-electron chi connectivity index (χ0n) is 25.5. The van der Waals surface area contributed by atoms with Crippen LogP contribution in [0.5, 0.6) is 0 Å². The number of amides is 2. The van der Waals surface area contributed by atoms with E-state index in [1.807, 2.05) is 51.1 Å². The summed E-state index contributed by atoms with van der Waals surface area (Å²) < 4.78 is 36.1. The first-order valence-corrected chi connectivity index (χ1v) is 15.1. The van der Waals surface area contributed by atoms with Crippen LogP contribution >= 0.6 is 11.8 Å². The smallest absolute Gasteiger partial charge is 0.303 e. The second kappa shape index (κ2) is 15.6. The number of benzene rings is 2. The Bertz CT molecular complexity index is 1460. The maximum Gasteiger partial charge on any atom is 0.303 e. The largest absolute Gasteiger partial charge is 0.456 e. The molecule has 0 saturated heterocycles. The van der Waals surface area contributed by atoms with E-state index in [9.17, 15) is 28.0 Å². The van der Waals surface area contributed by atoms with Crippen LogP contribution in [0, 0.1) is 23.0 Å². The van der Waals surface area contributed by atoms with Gasteiger partial charge < -0.3 is 19.5 Å². The Labute approximate surface area is 260 Å². The molecule has 44 heavy (non-hydrogen) atoms. The van der Waals surface area contributed by atoms with Crippen molar-refractivity contribution in [2.45, 2.75) is 47.2 Å². The van der Waals surface area contributed by atoms with Crippen LogP contribution < -0.4 is 5.32 Å². The highest BCUT2D eigenvalue weighted by atomic mass is 32.2. The molecule has 0 aliphatic carbocycles. The molecule has 2 amide bonds. The molecule has 1 N–H and O–H groups in total. The Kier molecular flexibility index (Phi) is 12.2. The summed E-state index contributed by atoms with van der Waals surface area (Å²) in [6.45, 7) is 8.40. The van der Waals surface area contributed by atoms with Gasteiger partial charge >= 0.3 is 5.97 Å². The maximum absolute atomic E-state index is 15.0. The van der Waals surface area contributed by atoms with Crippen molar-refractivity contribution < 1.29 is 32.7 Å². The number of ether oxygens (including phenoxy) is 1. The highest BCUT2D eigenvalue weighted by Crippen LogP contribution is 2.40. The van der Waals surface area contributed by atoms with E-state index < -0.39 is 41.6 Å². The van der Waals surface area contributed by atoms with Crippen molar-refractivity contribution in [1.29, 1.82) is 0 Å². The van der Waals surface area contributed by atoms with E-state index in [1.54, 1.807) is 10.8 Å². The number of aromatic nitrogens is 2. The van der Waals surface area contributed by atoms with Crippen molar-refractivity contribution in [3.05, 3.63) is 77.8 Å². The lowest BCUT2D eigenvalue weighted by Gasteiger charge is -2.41. The van der Waals surface area contributed by atoms with Gasteiger partial charge in [0.15, 0.2) is 11.7 Å². The van der Waals surface area contributed by atoms with E-state index in [0.717, 1.165) is 35.5 Å². The third-order valence-electron chi connectivity index (χ3n) is 6.77. The first-order chi connectivity index (χ1) is 20.8. The van der Waals surface area contributed by atoms with Gasteiger partial charge in [0, 0.05) is 56.9 Å². The quantitative estimate of drug-likeness (QED) is 0.198. The van der Waals surface area contributed by atoms with Crippen LogP contribution in [0.1, 0.15) is 52.0 Å². The Morgan fingerprint density at radius 3 is 2.43 bits per heavy atom. The van der Waals surface area contributed by atoms with Gasteiger partial charge in [-0.3, -0.25) is 19.2 Å². The Balaban J connectivity index is 2.21. The fourth-order valence-electron chi connectivity index (χ4n) is 4.87.